The lowest BCUT2D eigenvalue weighted by molar-refractivity contribution is 0.00578. The second-order valence-electron chi connectivity index (χ2n) is 11.4. The highest BCUT2D eigenvalue weighted by atomic mass is 16.7. The minimum atomic E-state index is -0.591. The van der Waals surface area contributed by atoms with E-state index in [1.165, 1.54) is 12.8 Å². The van der Waals surface area contributed by atoms with Crippen molar-refractivity contribution in [2.24, 2.45) is 5.92 Å². The normalized spacial score (nSPS) is 19.7. The van der Waals surface area contributed by atoms with E-state index >= 15 is 0 Å². The first-order valence-electron chi connectivity index (χ1n) is 12.1. The molecule has 0 bridgehead atoms. The second-order valence-corrected chi connectivity index (χ2v) is 11.4. The number of hydrogen-bond donors (Lipinski definition) is 0. The summed E-state index contributed by atoms with van der Waals surface area (Å²) < 4.78 is 29.6. The van der Waals surface area contributed by atoms with Crippen molar-refractivity contribution in [3.05, 3.63) is 34.4 Å². The van der Waals surface area contributed by atoms with Crippen LogP contribution in [0.4, 0.5) is 0 Å². The predicted octanol–water partition coefficient (Wildman–Crippen LogP) is 5.35. The molecule has 2 fully saturated rings. The Balaban J connectivity index is 1.84. The topological polar surface area (TPSA) is 63.2 Å². The molecule has 3 rings (SSSR count). The Bertz CT molecular complexity index is 822. The van der Waals surface area contributed by atoms with E-state index in [4.69, 9.17) is 23.5 Å². The van der Waals surface area contributed by atoms with Crippen molar-refractivity contribution in [1.82, 2.24) is 0 Å². The zero-order valence-corrected chi connectivity index (χ0v) is 21.7. The highest BCUT2D eigenvalue weighted by molar-refractivity contribution is 6.45. The fourth-order valence-corrected chi connectivity index (χ4v) is 3.96. The van der Waals surface area contributed by atoms with Crippen molar-refractivity contribution in [3.63, 3.8) is 0 Å². The maximum absolute atomic E-state index is 13.3. The van der Waals surface area contributed by atoms with Gasteiger partial charge in [-0.05, 0) is 96.7 Å². The molecule has 0 radical (unpaired) electrons. The van der Waals surface area contributed by atoms with Crippen molar-refractivity contribution in [3.8, 4) is 0 Å². The lowest BCUT2D eigenvalue weighted by atomic mass is 9.80. The molecule has 0 aromatic heterocycles. The van der Waals surface area contributed by atoms with E-state index in [0.717, 1.165) is 23.3 Å². The van der Waals surface area contributed by atoms with E-state index in [9.17, 15) is 4.79 Å². The molecule has 2 aliphatic rings. The van der Waals surface area contributed by atoms with Gasteiger partial charge in [-0.25, -0.2) is 4.79 Å². The van der Waals surface area contributed by atoms with E-state index in [1.54, 1.807) is 7.11 Å². The minimum absolute atomic E-state index is 0.295. The third-order valence-corrected chi connectivity index (χ3v) is 6.65. The SMILES string of the molecule is COCc1c(CCB2OC(C)(C)C(C)(C)O2)ccc(COCC2CC2)c1C(=O)OC(C)(C)C. The molecule has 1 aromatic rings. The number of methoxy groups -OCH3 is 1. The number of carbonyl (C=O) groups is 1. The monoisotopic (exact) mass is 460 g/mol. The molecule has 0 spiro atoms. The summed E-state index contributed by atoms with van der Waals surface area (Å²) in [5, 5.41) is 0. The molecule has 1 aliphatic heterocycles. The third kappa shape index (κ3) is 6.81. The second kappa shape index (κ2) is 10.1. The lowest BCUT2D eigenvalue weighted by Gasteiger charge is -2.32. The van der Waals surface area contributed by atoms with E-state index in [1.807, 2.05) is 26.8 Å². The van der Waals surface area contributed by atoms with Gasteiger partial charge in [0.25, 0.3) is 0 Å². The number of esters is 1. The first kappa shape index (κ1) is 26.2. The quantitative estimate of drug-likeness (QED) is 0.347. The number of benzene rings is 1. The van der Waals surface area contributed by atoms with E-state index in [-0.39, 0.29) is 24.3 Å². The van der Waals surface area contributed by atoms with Gasteiger partial charge in [-0.1, -0.05) is 12.1 Å². The van der Waals surface area contributed by atoms with Crippen LogP contribution in [0.5, 0.6) is 0 Å². The molecule has 0 unspecified atom stereocenters. The number of ether oxygens (including phenoxy) is 3. The summed E-state index contributed by atoms with van der Waals surface area (Å²) in [5.41, 5.74) is 1.99. The van der Waals surface area contributed by atoms with Crippen LogP contribution in [-0.4, -0.2) is 43.6 Å². The molecule has 33 heavy (non-hydrogen) atoms. The molecule has 184 valence electrons. The van der Waals surface area contributed by atoms with Crippen LogP contribution in [0.25, 0.3) is 0 Å². The Hall–Kier alpha value is -1.41. The van der Waals surface area contributed by atoms with Gasteiger partial charge in [0.15, 0.2) is 0 Å². The maximum Gasteiger partial charge on any atom is 0.458 e. The van der Waals surface area contributed by atoms with Gasteiger partial charge in [0.1, 0.15) is 5.60 Å². The molecular formula is C26H41BO6. The van der Waals surface area contributed by atoms with Crippen LogP contribution in [0.15, 0.2) is 12.1 Å². The van der Waals surface area contributed by atoms with E-state index in [2.05, 4.69) is 33.8 Å². The molecule has 1 aromatic carbocycles. The van der Waals surface area contributed by atoms with Crippen LogP contribution >= 0.6 is 0 Å². The first-order valence-corrected chi connectivity index (χ1v) is 12.1. The largest absolute Gasteiger partial charge is 0.458 e. The fourth-order valence-electron chi connectivity index (χ4n) is 3.96. The third-order valence-electron chi connectivity index (χ3n) is 6.65. The number of aryl methyl sites for hydroxylation is 1. The summed E-state index contributed by atoms with van der Waals surface area (Å²) in [5.74, 6) is 0.324. The minimum Gasteiger partial charge on any atom is -0.456 e. The zero-order valence-electron chi connectivity index (χ0n) is 21.7. The van der Waals surface area contributed by atoms with Crippen molar-refractivity contribution in [1.29, 1.82) is 0 Å². The van der Waals surface area contributed by atoms with Crippen LogP contribution < -0.4 is 0 Å². The predicted molar refractivity (Wildman–Crippen MR) is 129 cm³/mol. The molecule has 1 aliphatic carbocycles. The molecular weight excluding hydrogens is 419 g/mol. The Morgan fingerprint density at radius 1 is 1.06 bits per heavy atom. The van der Waals surface area contributed by atoms with Crippen molar-refractivity contribution in [2.45, 2.75) is 104 Å². The van der Waals surface area contributed by atoms with Crippen LogP contribution in [-0.2, 0) is 43.2 Å². The molecule has 1 saturated carbocycles. The first-order chi connectivity index (χ1) is 15.3. The van der Waals surface area contributed by atoms with E-state index in [0.29, 0.717) is 37.4 Å². The Labute approximate surface area is 199 Å². The average Bonchev–Trinajstić information content (AvgIpc) is 3.46. The summed E-state index contributed by atoms with van der Waals surface area (Å²) in [6, 6.07) is 4.06. The lowest BCUT2D eigenvalue weighted by Crippen LogP contribution is -2.41. The van der Waals surface area contributed by atoms with Crippen LogP contribution in [0, 0.1) is 5.92 Å². The Morgan fingerprint density at radius 2 is 1.67 bits per heavy atom. The number of carbonyl (C=O) groups excluding carboxylic acids is 1. The van der Waals surface area contributed by atoms with Gasteiger partial charge in [0, 0.05) is 13.7 Å². The Kier molecular flexibility index (Phi) is 7.99. The standard InChI is InChI=1S/C26H41BO6/c1-24(2,3)31-23(28)22-20(16-30-15-18-9-10-18)12-11-19(21(22)17-29-8)13-14-27-32-25(4,5)26(6,7)33-27/h11-12,18H,9-10,13-17H2,1-8H3. The summed E-state index contributed by atoms with van der Waals surface area (Å²) in [7, 11) is 1.35. The van der Waals surface area contributed by atoms with E-state index < -0.39 is 5.60 Å². The zero-order chi connectivity index (χ0) is 24.4. The number of hydrogen-bond acceptors (Lipinski definition) is 6. The van der Waals surface area contributed by atoms with Gasteiger partial charge < -0.3 is 23.5 Å². The average molecular weight is 460 g/mol. The van der Waals surface area contributed by atoms with Gasteiger partial charge in [-0.2, -0.15) is 0 Å². The summed E-state index contributed by atoms with van der Waals surface area (Å²) >= 11 is 0. The fraction of sp³-hybridized carbons (Fsp3) is 0.731. The highest BCUT2D eigenvalue weighted by Crippen LogP contribution is 2.38. The van der Waals surface area contributed by atoms with Crippen LogP contribution in [0.1, 0.15) is 88.4 Å². The van der Waals surface area contributed by atoms with Gasteiger partial charge in [0.2, 0.25) is 0 Å². The summed E-state index contributed by atoms with van der Waals surface area (Å²) in [6.45, 7) is 15.3. The highest BCUT2D eigenvalue weighted by Gasteiger charge is 2.50. The number of rotatable bonds is 10. The van der Waals surface area contributed by atoms with Crippen molar-refractivity contribution in [2.75, 3.05) is 13.7 Å². The smallest absolute Gasteiger partial charge is 0.456 e. The van der Waals surface area contributed by atoms with Gasteiger partial charge in [-0.15, -0.1) is 0 Å². The molecule has 6 nitrogen and oxygen atoms in total. The van der Waals surface area contributed by atoms with Crippen molar-refractivity contribution < 1.29 is 28.3 Å². The maximum atomic E-state index is 13.3. The molecule has 0 atom stereocenters. The summed E-state index contributed by atoms with van der Waals surface area (Å²) in [6.07, 6.45) is 3.85. The van der Waals surface area contributed by atoms with Gasteiger partial charge >= 0.3 is 13.1 Å². The van der Waals surface area contributed by atoms with Gasteiger partial charge in [0.05, 0.1) is 30.0 Å². The molecule has 0 amide bonds. The molecule has 0 N–H and O–H groups in total. The van der Waals surface area contributed by atoms with Gasteiger partial charge in [-0.3, -0.25) is 0 Å². The van der Waals surface area contributed by atoms with Crippen LogP contribution in [0.3, 0.4) is 0 Å². The Morgan fingerprint density at radius 3 is 2.21 bits per heavy atom. The molecule has 7 heteroatoms. The molecule has 1 saturated heterocycles. The van der Waals surface area contributed by atoms with Crippen molar-refractivity contribution >= 4 is 13.1 Å². The molecule has 1 heterocycles. The van der Waals surface area contributed by atoms with Crippen LogP contribution in [0.2, 0.25) is 6.32 Å². The summed E-state index contributed by atoms with van der Waals surface area (Å²) in [4.78, 5) is 13.3.